The van der Waals surface area contributed by atoms with Gasteiger partial charge in [-0.3, -0.25) is 0 Å². The van der Waals surface area contributed by atoms with E-state index in [2.05, 4.69) is 27.3 Å². The molecule has 172 valence electrons. The van der Waals surface area contributed by atoms with Crippen LogP contribution in [-0.4, -0.2) is 38.9 Å². The summed E-state index contributed by atoms with van der Waals surface area (Å²) in [5, 5.41) is 19.2. The second-order valence-electron chi connectivity index (χ2n) is 7.75. The Morgan fingerprint density at radius 1 is 1.24 bits per heavy atom. The summed E-state index contributed by atoms with van der Waals surface area (Å²) in [5.41, 5.74) is 3.33. The highest BCUT2D eigenvalue weighted by Gasteiger charge is 2.34. The minimum atomic E-state index is -0.384. The van der Waals surface area contributed by atoms with Crippen LogP contribution in [0, 0.1) is 0 Å². The van der Waals surface area contributed by atoms with Crippen molar-refractivity contribution in [3.05, 3.63) is 64.6 Å². The highest BCUT2D eigenvalue weighted by Crippen LogP contribution is 2.39. The third-order valence-corrected chi connectivity index (χ3v) is 6.22. The summed E-state index contributed by atoms with van der Waals surface area (Å²) in [4.78, 5) is 6.74. The highest BCUT2D eigenvalue weighted by atomic mass is 35.5. The van der Waals surface area contributed by atoms with Crippen molar-refractivity contribution in [3.8, 4) is 22.9 Å². The highest BCUT2D eigenvalue weighted by molar-refractivity contribution is 7.80. The van der Waals surface area contributed by atoms with Crippen molar-refractivity contribution in [1.29, 1.82) is 0 Å². The molecular formula is C24H25ClN4O3S. The average Bonchev–Trinajstić information content (AvgIpc) is 3.28. The Morgan fingerprint density at radius 2 is 2.00 bits per heavy atom. The molecule has 33 heavy (non-hydrogen) atoms. The van der Waals surface area contributed by atoms with Gasteiger partial charge < -0.3 is 24.6 Å². The van der Waals surface area contributed by atoms with Crippen molar-refractivity contribution < 1.29 is 14.4 Å². The van der Waals surface area contributed by atoms with E-state index in [4.69, 9.17) is 33.1 Å². The molecule has 1 aliphatic rings. The predicted molar refractivity (Wildman–Crippen MR) is 132 cm³/mol. The lowest BCUT2D eigenvalue weighted by molar-refractivity contribution is 0.372. The average molecular weight is 485 g/mol. The number of allylic oxidation sites excluding steroid dienone is 1. The number of nitrogens with zero attached hydrogens (tertiary/aromatic N) is 3. The van der Waals surface area contributed by atoms with Crippen molar-refractivity contribution in [2.45, 2.75) is 32.7 Å². The van der Waals surface area contributed by atoms with E-state index in [1.165, 1.54) is 7.11 Å². The quantitative estimate of drug-likeness (QED) is 0.421. The first-order valence-electron chi connectivity index (χ1n) is 10.7. The summed E-state index contributed by atoms with van der Waals surface area (Å²) < 4.78 is 10.9. The molecule has 9 heteroatoms. The Bertz CT molecular complexity index is 1190. The van der Waals surface area contributed by atoms with Crippen LogP contribution in [0.15, 0.2) is 52.7 Å². The maximum absolute atomic E-state index is 10.4. The molecule has 0 saturated carbocycles. The van der Waals surface area contributed by atoms with Gasteiger partial charge in [-0.05, 0) is 67.5 Å². The number of hydrogen-bond donors (Lipinski definition) is 2. The summed E-state index contributed by atoms with van der Waals surface area (Å²) in [6, 6.07) is 12.1. The molecule has 0 spiro atoms. The molecule has 2 heterocycles. The van der Waals surface area contributed by atoms with Gasteiger partial charge in [0.2, 0.25) is 5.82 Å². The minimum Gasteiger partial charge on any atom is -0.504 e. The first-order chi connectivity index (χ1) is 15.9. The zero-order valence-electron chi connectivity index (χ0n) is 18.6. The summed E-state index contributed by atoms with van der Waals surface area (Å²) in [6.07, 6.45) is 2.03. The van der Waals surface area contributed by atoms with Crippen molar-refractivity contribution in [3.63, 3.8) is 0 Å². The molecule has 0 aliphatic carbocycles. The Balaban J connectivity index is 1.80. The predicted octanol–water partition coefficient (Wildman–Crippen LogP) is 5.57. The molecule has 0 bridgehead atoms. The normalized spacial score (nSPS) is 16.2. The molecule has 7 nitrogen and oxygen atoms in total. The van der Waals surface area contributed by atoms with Gasteiger partial charge in [-0.15, -0.1) is 0 Å². The van der Waals surface area contributed by atoms with E-state index in [0.717, 1.165) is 41.8 Å². The molecule has 0 amide bonds. The Morgan fingerprint density at radius 3 is 2.67 bits per heavy atom. The number of aromatic hydroxyl groups is 1. The van der Waals surface area contributed by atoms with Crippen molar-refractivity contribution in [2.75, 3.05) is 13.7 Å². The van der Waals surface area contributed by atoms with E-state index in [1.807, 2.05) is 25.1 Å². The largest absolute Gasteiger partial charge is 0.504 e. The van der Waals surface area contributed by atoms with E-state index in [-0.39, 0.29) is 11.8 Å². The van der Waals surface area contributed by atoms with Crippen LogP contribution in [0.1, 0.15) is 44.2 Å². The van der Waals surface area contributed by atoms with Gasteiger partial charge in [0.1, 0.15) is 0 Å². The monoisotopic (exact) mass is 484 g/mol. The Kier molecular flexibility index (Phi) is 6.85. The van der Waals surface area contributed by atoms with E-state index in [1.54, 1.807) is 24.3 Å². The lowest BCUT2D eigenvalue weighted by Gasteiger charge is -2.37. The van der Waals surface area contributed by atoms with Crippen molar-refractivity contribution in [1.82, 2.24) is 20.4 Å². The molecule has 1 aliphatic heterocycles. The smallest absolute Gasteiger partial charge is 0.258 e. The van der Waals surface area contributed by atoms with Crippen LogP contribution in [0.3, 0.4) is 0 Å². The number of unbranched alkanes of at least 4 members (excludes halogenated alkanes) is 1. The van der Waals surface area contributed by atoms with Gasteiger partial charge in [-0.2, -0.15) is 4.98 Å². The summed E-state index contributed by atoms with van der Waals surface area (Å²) >= 11 is 11.7. The molecule has 0 fully saturated rings. The number of rotatable bonds is 7. The van der Waals surface area contributed by atoms with Crippen LogP contribution >= 0.6 is 23.8 Å². The number of thiocarbonyl (C=S) groups is 1. The van der Waals surface area contributed by atoms with Crippen LogP contribution < -0.4 is 10.1 Å². The van der Waals surface area contributed by atoms with E-state index in [0.29, 0.717) is 27.6 Å². The number of ether oxygens (including phenoxy) is 1. The van der Waals surface area contributed by atoms with E-state index in [9.17, 15) is 5.11 Å². The number of halogens is 1. The second kappa shape index (κ2) is 9.80. The molecule has 1 aromatic heterocycles. The molecule has 4 rings (SSSR count). The third-order valence-electron chi connectivity index (χ3n) is 5.63. The number of benzene rings is 2. The topological polar surface area (TPSA) is 83.7 Å². The van der Waals surface area contributed by atoms with Gasteiger partial charge >= 0.3 is 0 Å². The van der Waals surface area contributed by atoms with Crippen LogP contribution in [-0.2, 0) is 0 Å². The van der Waals surface area contributed by atoms with Gasteiger partial charge in [0.05, 0.1) is 18.7 Å². The molecule has 0 radical (unpaired) electrons. The SMILES string of the molecule is CCCCN1C(=S)NC(c2ccc(OC)c(O)c2)C(c2nc(-c3ccc(Cl)cc3)no2)=C1C. The summed E-state index contributed by atoms with van der Waals surface area (Å²) in [5.74, 6) is 1.29. The third kappa shape index (κ3) is 4.67. The van der Waals surface area contributed by atoms with Crippen LogP contribution in [0.4, 0.5) is 0 Å². The lowest BCUT2D eigenvalue weighted by Crippen LogP contribution is -2.46. The minimum absolute atomic E-state index is 0.0421. The van der Waals surface area contributed by atoms with Crippen LogP contribution in [0.25, 0.3) is 17.0 Å². The summed E-state index contributed by atoms with van der Waals surface area (Å²) in [7, 11) is 1.51. The molecule has 1 unspecified atom stereocenters. The fourth-order valence-electron chi connectivity index (χ4n) is 3.83. The van der Waals surface area contributed by atoms with Gasteiger partial charge in [0.25, 0.3) is 5.89 Å². The van der Waals surface area contributed by atoms with Gasteiger partial charge in [-0.25, -0.2) is 0 Å². The van der Waals surface area contributed by atoms with E-state index < -0.39 is 0 Å². The van der Waals surface area contributed by atoms with Gasteiger partial charge in [-0.1, -0.05) is 36.2 Å². The number of aromatic nitrogens is 2. The summed E-state index contributed by atoms with van der Waals surface area (Å²) in [6.45, 7) is 4.91. The Hall–Kier alpha value is -3.10. The van der Waals surface area contributed by atoms with Gasteiger partial charge in [0.15, 0.2) is 16.6 Å². The molecule has 1 atom stereocenters. The first-order valence-corrected chi connectivity index (χ1v) is 11.5. The molecular weight excluding hydrogens is 460 g/mol. The molecule has 2 N–H and O–H groups in total. The fourth-order valence-corrected chi connectivity index (χ4v) is 4.30. The number of methoxy groups -OCH3 is 1. The number of phenolic OH excluding ortho intramolecular Hbond substituents is 1. The zero-order chi connectivity index (χ0) is 23.5. The fraction of sp³-hybridized carbons (Fsp3) is 0.292. The molecule has 2 aromatic carbocycles. The zero-order valence-corrected chi connectivity index (χ0v) is 20.2. The first kappa shape index (κ1) is 23.1. The van der Waals surface area contributed by atoms with Crippen molar-refractivity contribution >= 4 is 34.5 Å². The molecule has 0 saturated heterocycles. The van der Waals surface area contributed by atoms with Crippen LogP contribution in [0.2, 0.25) is 5.02 Å². The number of nitrogens with one attached hydrogen (secondary N) is 1. The van der Waals surface area contributed by atoms with E-state index >= 15 is 0 Å². The Labute approximate surface area is 203 Å². The number of phenols is 1. The standard InChI is InChI=1S/C24H25ClN4O3S/c1-4-5-12-29-14(2)20(23-27-22(28-32-23)15-6-9-17(25)10-7-15)21(26-24(29)33)16-8-11-19(31-3)18(30)13-16/h6-11,13,21,30H,4-5,12H2,1-3H3,(H,26,33). The maximum Gasteiger partial charge on any atom is 0.258 e. The molecule has 3 aromatic rings. The number of hydrogen-bond acceptors (Lipinski definition) is 6. The van der Waals surface area contributed by atoms with Crippen molar-refractivity contribution in [2.24, 2.45) is 0 Å². The lowest BCUT2D eigenvalue weighted by atomic mass is 9.94. The second-order valence-corrected chi connectivity index (χ2v) is 8.57. The maximum atomic E-state index is 10.4. The van der Waals surface area contributed by atoms with Crippen LogP contribution in [0.5, 0.6) is 11.5 Å². The van der Waals surface area contributed by atoms with Gasteiger partial charge in [0, 0.05) is 22.8 Å².